The van der Waals surface area contributed by atoms with Gasteiger partial charge in [0.25, 0.3) is 0 Å². The van der Waals surface area contributed by atoms with Gasteiger partial charge < -0.3 is 5.73 Å². The molecule has 2 rings (SSSR count). The molecule has 0 amide bonds. The first-order chi connectivity index (χ1) is 9.79. The molecule has 0 spiro atoms. The maximum Gasteiger partial charge on any atom is 0.393 e. The second-order valence-electron chi connectivity index (χ2n) is 5.73. The summed E-state index contributed by atoms with van der Waals surface area (Å²) in [4.78, 5) is 1.74. The molecule has 3 unspecified atom stereocenters. The minimum Gasteiger partial charge on any atom is -0.326 e. The van der Waals surface area contributed by atoms with Gasteiger partial charge in [-0.05, 0) is 44.0 Å². The van der Waals surface area contributed by atoms with Gasteiger partial charge in [0, 0.05) is 18.6 Å². The number of halogens is 4. The monoisotopic (exact) mass is 304 g/mol. The van der Waals surface area contributed by atoms with Crippen molar-refractivity contribution in [2.24, 2.45) is 11.7 Å². The van der Waals surface area contributed by atoms with Gasteiger partial charge in [0.2, 0.25) is 0 Å². The Hall–Kier alpha value is -1.14. The predicted molar refractivity (Wildman–Crippen MR) is 73.1 cm³/mol. The molecule has 1 heterocycles. The third-order valence-corrected chi connectivity index (χ3v) is 4.00. The van der Waals surface area contributed by atoms with Crippen molar-refractivity contribution in [2.45, 2.75) is 38.0 Å². The second kappa shape index (κ2) is 6.32. The molecule has 0 radical (unpaired) electrons. The third kappa shape index (κ3) is 3.95. The van der Waals surface area contributed by atoms with E-state index in [9.17, 15) is 17.6 Å². The lowest BCUT2D eigenvalue weighted by molar-refractivity contribution is -0.189. The topological polar surface area (TPSA) is 29.3 Å². The van der Waals surface area contributed by atoms with E-state index in [0.717, 1.165) is 0 Å². The van der Waals surface area contributed by atoms with Gasteiger partial charge in [-0.3, -0.25) is 4.90 Å². The molecule has 2 nitrogen and oxygen atoms in total. The van der Waals surface area contributed by atoms with Gasteiger partial charge in [0.05, 0.1) is 5.92 Å². The van der Waals surface area contributed by atoms with Crippen molar-refractivity contribution in [3.05, 3.63) is 35.6 Å². The minimum absolute atomic E-state index is 0.0772. The lowest BCUT2D eigenvalue weighted by Gasteiger charge is -2.40. The Balaban J connectivity index is 2.22. The molecule has 1 aliphatic heterocycles. The van der Waals surface area contributed by atoms with Gasteiger partial charge in [-0.2, -0.15) is 13.2 Å². The standard InChI is InChI=1S/C15H20F4N2/c1-10(20)14(11-4-2-6-13(16)8-11)21-7-3-5-12(9-21)15(17,18)19/h2,4,6,8,10,12,14H,3,5,7,9,20H2,1H3. The normalized spacial score (nSPS) is 23.8. The highest BCUT2D eigenvalue weighted by atomic mass is 19.4. The summed E-state index contributed by atoms with van der Waals surface area (Å²) in [5.41, 5.74) is 6.59. The van der Waals surface area contributed by atoms with Crippen LogP contribution in [-0.2, 0) is 0 Å². The van der Waals surface area contributed by atoms with E-state index in [1.807, 2.05) is 0 Å². The number of rotatable bonds is 3. The molecule has 0 saturated carbocycles. The number of likely N-dealkylation sites (tertiary alicyclic amines) is 1. The van der Waals surface area contributed by atoms with E-state index in [4.69, 9.17) is 5.73 Å². The summed E-state index contributed by atoms with van der Waals surface area (Å²) in [7, 11) is 0. The highest BCUT2D eigenvalue weighted by molar-refractivity contribution is 5.22. The maximum absolute atomic E-state index is 13.4. The van der Waals surface area contributed by atoms with Crippen LogP contribution < -0.4 is 5.73 Å². The molecule has 1 aromatic carbocycles. The van der Waals surface area contributed by atoms with Crippen LogP contribution in [0.2, 0.25) is 0 Å². The first-order valence-corrected chi connectivity index (χ1v) is 7.11. The predicted octanol–water partition coefficient (Wildman–Crippen LogP) is 3.49. The van der Waals surface area contributed by atoms with Crippen LogP contribution in [0.5, 0.6) is 0 Å². The fourth-order valence-electron chi connectivity index (χ4n) is 3.06. The van der Waals surface area contributed by atoms with E-state index in [1.165, 1.54) is 12.1 Å². The average Bonchev–Trinajstić information content (AvgIpc) is 2.38. The fourth-order valence-corrected chi connectivity index (χ4v) is 3.06. The Morgan fingerprint density at radius 3 is 2.62 bits per heavy atom. The largest absolute Gasteiger partial charge is 0.393 e. The second-order valence-corrected chi connectivity index (χ2v) is 5.73. The first kappa shape index (κ1) is 16.2. The van der Waals surface area contributed by atoms with Crippen molar-refractivity contribution in [1.82, 2.24) is 4.90 Å². The molecule has 0 aromatic heterocycles. The van der Waals surface area contributed by atoms with Gasteiger partial charge in [0.15, 0.2) is 0 Å². The summed E-state index contributed by atoms with van der Waals surface area (Å²) < 4.78 is 52.2. The third-order valence-electron chi connectivity index (χ3n) is 4.00. The van der Waals surface area contributed by atoms with Crippen LogP contribution in [0.1, 0.15) is 31.4 Å². The highest BCUT2D eigenvalue weighted by Crippen LogP contribution is 2.36. The number of nitrogens with two attached hydrogens (primary N) is 1. The Bertz CT molecular complexity index is 473. The summed E-state index contributed by atoms with van der Waals surface area (Å²) in [6.07, 6.45) is -3.57. The van der Waals surface area contributed by atoms with Crippen LogP contribution in [0, 0.1) is 11.7 Å². The van der Waals surface area contributed by atoms with E-state index >= 15 is 0 Å². The smallest absolute Gasteiger partial charge is 0.326 e. The van der Waals surface area contributed by atoms with Crippen LogP contribution >= 0.6 is 0 Å². The molecular formula is C15H20F4N2. The summed E-state index contributed by atoms with van der Waals surface area (Å²) in [6.45, 7) is 2.22. The summed E-state index contributed by atoms with van der Waals surface area (Å²) in [5.74, 6) is -1.73. The first-order valence-electron chi connectivity index (χ1n) is 7.11. The quantitative estimate of drug-likeness (QED) is 0.866. The number of nitrogens with zero attached hydrogens (tertiary/aromatic N) is 1. The van der Waals surface area contributed by atoms with Crippen molar-refractivity contribution in [1.29, 1.82) is 0 Å². The molecule has 1 saturated heterocycles. The Morgan fingerprint density at radius 2 is 2.05 bits per heavy atom. The molecule has 6 heteroatoms. The lowest BCUT2D eigenvalue weighted by atomic mass is 9.92. The molecule has 2 N–H and O–H groups in total. The van der Waals surface area contributed by atoms with Crippen molar-refractivity contribution < 1.29 is 17.6 Å². The number of piperidine rings is 1. The summed E-state index contributed by atoms with van der Waals surface area (Å²) in [6, 6.07) is 5.17. The molecule has 1 fully saturated rings. The van der Waals surface area contributed by atoms with E-state index in [2.05, 4.69) is 0 Å². The zero-order valence-electron chi connectivity index (χ0n) is 11.9. The van der Waals surface area contributed by atoms with Gasteiger partial charge in [-0.25, -0.2) is 4.39 Å². The van der Waals surface area contributed by atoms with Crippen molar-refractivity contribution in [3.63, 3.8) is 0 Å². The molecule has 3 atom stereocenters. The molecule has 118 valence electrons. The highest BCUT2D eigenvalue weighted by Gasteiger charge is 2.43. The Labute approximate surface area is 121 Å². The van der Waals surface area contributed by atoms with Gasteiger partial charge >= 0.3 is 6.18 Å². The molecule has 0 bridgehead atoms. The minimum atomic E-state index is -4.19. The molecule has 1 aromatic rings. The summed E-state index contributed by atoms with van der Waals surface area (Å²) >= 11 is 0. The van der Waals surface area contributed by atoms with Crippen LogP contribution in [0.15, 0.2) is 24.3 Å². The van der Waals surface area contributed by atoms with Crippen LogP contribution in [0.4, 0.5) is 17.6 Å². The molecular weight excluding hydrogens is 284 g/mol. The number of benzene rings is 1. The van der Waals surface area contributed by atoms with Crippen LogP contribution in [0.25, 0.3) is 0 Å². The molecule has 21 heavy (non-hydrogen) atoms. The van der Waals surface area contributed by atoms with Crippen molar-refractivity contribution >= 4 is 0 Å². The zero-order valence-corrected chi connectivity index (χ0v) is 11.9. The van der Waals surface area contributed by atoms with Crippen LogP contribution in [0.3, 0.4) is 0 Å². The van der Waals surface area contributed by atoms with E-state index < -0.39 is 24.0 Å². The van der Waals surface area contributed by atoms with Crippen molar-refractivity contribution in [2.75, 3.05) is 13.1 Å². The van der Waals surface area contributed by atoms with Gasteiger partial charge in [-0.15, -0.1) is 0 Å². The fraction of sp³-hybridized carbons (Fsp3) is 0.600. The SMILES string of the molecule is CC(N)C(c1cccc(F)c1)N1CCCC(C(F)(F)F)C1. The number of alkyl halides is 3. The Morgan fingerprint density at radius 1 is 1.33 bits per heavy atom. The maximum atomic E-state index is 13.4. The lowest BCUT2D eigenvalue weighted by Crippen LogP contribution is -2.47. The Kier molecular flexibility index (Phi) is 4.88. The van der Waals surface area contributed by atoms with E-state index in [0.29, 0.717) is 18.5 Å². The van der Waals surface area contributed by atoms with Gasteiger partial charge in [0.1, 0.15) is 5.82 Å². The molecule has 0 aliphatic carbocycles. The van der Waals surface area contributed by atoms with Gasteiger partial charge in [-0.1, -0.05) is 12.1 Å². The summed E-state index contributed by atoms with van der Waals surface area (Å²) in [5, 5.41) is 0. The zero-order chi connectivity index (χ0) is 15.6. The number of hydrogen-bond donors (Lipinski definition) is 1. The van der Waals surface area contributed by atoms with Crippen molar-refractivity contribution in [3.8, 4) is 0 Å². The molecule has 1 aliphatic rings. The number of hydrogen-bond acceptors (Lipinski definition) is 2. The average molecular weight is 304 g/mol. The van der Waals surface area contributed by atoms with E-state index in [1.54, 1.807) is 24.0 Å². The van der Waals surface area contributed by atoms with Crippen LogP contribution in [-0.4, -0.2) is 30.2 Å². The van der Waals surface area contributed by atoms with E-state index in [-0.39, 0.29) is 19.0 Å².